The van der Waals surface area contributed by atoms with Crippen molar-refractivity contribution in [3.8, 4) is 0 Å². The van der Waals surface area contributed by atoms with Crippen molar-refractivity contribution in [2.24, 2.45) is 0 Å². The minimum atomic E-state index is -1.51. The summed E-state index contributed by atoms with van der Waals surface area (Å²) in [7, 11) is -1.51. The summed E-state index contributed by atoms with van der Waals surface area (Å²) in [6.07, 6.45) is 0. The van der Waals surface area contributed by atoms with Gasteiger partial charge < -0.3 is 0 Å². The van der Waals surface area contributed by atoms with Crippen LogP contribution in [-0.4, -0.2) is 8.07 Å². The van der Waals surface area contributed by atoms with Crippen LogP contribution < -0.4 is 10.4 Å². The molecule has 0 saturated heterocycles. The number of halogens is 2. The van der Waals surface area contributed by atoms with Crippen molar-refractivity contribution in [1.82, 2.24) is 0 Å². The Balaban J connectivity index is 2.53. The van der Waals surface area contributed by atoms with Crippen LogP contribution in [0.3, 0.4) is 0 Å². The normalized spacial score (nSPS) is 12.0. The Morgan fingerprint density at radius 3 is 1.53 bits per heavy atom. The van der Waals surface area contributed by atoms with Gasteiger partial charge in [-0.05, 0) is 21.1 Å². The fourth-order valence-corrected chi connectivity index (χ4v) is 11.5. The van der Waals surface area contributed by atoms with Gasteiger partial charge in [0.15, 0.2) is 0 Å². The molecule has 0 atom stereocenters. The molecule has 0 radical (unpaired) electrons. The van der Waals surface area contributed by atoms with E-state index in [1.165, 1.54) is 19.3 Å². The smallest absolute Gasteiger partial charge is 0.117 e. The minimum Gasteiger partial charge on any atom is -0.151 e. The highest BCUT2D eigenvalue weighted by Crippen LogP contribution is 2.22. The van der Waals surface area contributed by atoms with Crippen LogP contribution in [0.2, 0.25) is 13.1 Å². The molecule has 0 amide bonds. The van der Waals surface area contributed by atoms with Gasteiger partial charge in [-0.1, -0.05) is 45.0 Å². The molecule has 0 aromatic carbocycles. The SMILES string of the molecule is C[Si](C)(c1cscc1Br)c1cscc1Br. The lowest BCUT2D eigenvalue weighted by molar-refractivity contribution is 1.76. The molecule has 80 valence electrons. The van der Waals surface area contributed by atoms with E-state index in [-0.39, 0.29) is 0 Å². The van der Waals surface area contributed by atoms with Crippen LogP contribution in [0, 0.1) is 0 Å². The number of thiophene rings is 2. The van der Waals surface area contributed by atoms with Crippen LogP contribution in [0.1, 0.15) is 0 Å². The van der Waals surface area contributed by atoms with Crippen LogP contribution in [0.4, 0.5) is 0 Å². The molecule has 0 bridgehead atoms. The second kappa shape index (κ2) is 4.45. The molecule has 15 heavy (non-hydrogen) atoms. The Kier molecular flexibility index (Phi) is 3.57. The highest BCUT2D eigenvalue weighted by Gasteiger charge is 2.30. The molecule has 0 saturated carbocycles. The topological polar surface area (TPSA) is 0 Å². The summed E-state index contributed by atoms with van der Waals surface area (Å²) in [6, 6.07) is 0. The Morgan fingerprint density at radius 1 is 0.867 bits per heavy atom. The first kappa shape index (κ1) is 12.0. The van der Waals surface area contributed by atoms with Gasteiger partial charge in [-0.15, -0.1) is 0 Å². The van der Waals surface area contributed by atoms with Gasteiger partial charge in [-0.25, -0.2) is 0 Å². The van der Waals surface area contributed by atoms with Gasteiger partial charge in [0, 0.05) is 19.7 Å². The standard InChI is InChI=1S/C10H10Br2S2Si/c1-15(2,9-5-13-3-7(9)11)10-6-14-4-8(10)12/h3-6H,1-2H3. The first-order valence-electron chi connectivity index (χ1n) is 4.48. The lowest BCUT2D eigenvalue weighted by atomic mass is 10.6. The second-order valence-electron chi connectivity index (χ2n) is 3.89. The molecule has 0 spiro atoms. The molecule has 0 unspecified atom stereocenters. The van der Waals surface area contributed by atoms with Crippen LogP contribution in [0.5, 0.6) is 0 Å². The molecule has 2 aromatic heterocycles. The summed E-state index contributed by atoms with van der Waals surface area (Å²) < 4.78 is 2.53. The molecule has 0 nitrogen and oxygen atoms in total. The quantitative estimate of drug-likeness (QED) is 0.685. The molecule has 2 rings (SSSR count). The molecule has 0 N–H and O–H groups in total. The summed E-state index contributed by atoms with van der Waals surface area (Å²) in [5.74, 6) is 0. The maximum absolute atomic E-state index is 3.65. The Hall–Kier alpha value is 0.577. The van der Waals surface area contributed by atoms with Gasteiger partial charge in [0.1, 0.15) is 8.07 Å². The molecule has 0 aliphatic carbocycles. The molecule has 5 heteroatoms. The van der Waals surface area contributed by atoms with Crippen molar-refractivity contribution in [2.45, 2.75) is 13.1 Å². The minimum absolute atomic E-state index is 1.27. The van der Waals surface area contributed by atoms with Crippen molar-refractivity contribution < 1.29 is 0 Å². The molecule has 2 heterocycles. The fraction of sp³-hybridized carbons (Fsp3) is 0.200. The van der Waals surface area contributed by atoms with Crippen molar-refractivity contribution in [1.29, 1.82) is 0 Å². The summed E-state index contributed by atoms with van der Waals surface area (Å²) in [4.78, 5) is 0. The molecular formula is C10H10Br2S2Si. The highest BCUT2D eigenvalue weighted by molar-refractivity contribution is 9.11. The third-order valence-corrected chi connectivity index (χ3v) is 10.7. The molecule has 0 aliphatic heterocycles. The second-order valence-corrected chi connectivity index (χ2v) is 11.4. The number of hydrogen-bond acceptors (Lipinski definition) is 2. The fourth-order valence-electron chi connectivity index (χ4n) is 1.60. The predicted octanol–water partition coefficient (Wildman–Crippen LogP) is 4.16. The van der Waals surface area contributed by atoms with Crippen molar-refractivity contribution in [3.05, 3.63) is 30.5 Å². The van der Waals surface area contributed by atoms with E-state index in [4.69, 9.17) is 0 Å². The summed E-state index contributed by atoms with van der Waals surface area (Å²) >= 11 is 10.8. The number of rotatable bonds is 2. The van der Waals surface area contributed by atoms with Gasteiger partial charge >= 0.3 is 0 Å². The Bertz CT molecular complexity index is 431. The maximum atomic E-state index is 3.65. The zero-order valence-corrected chi connectivity index (χ0v) is 14.2. The Labute approximate surface area is 116 Å². The van der Waals surface area contributed by atoms with Crippen LogP contribution in [0.15, 0.2) is 30.5 Å². The number of hydrogen-bond donors (Lipinski definition) is 0. The molecule has 2 aromatic rings. The van der Waals surface area contributed by atoms with E-state index in [9.17, 15) is 0 Å². The first-order valence-corrected chi connectivity index (χ1v) is 10.9. The lowest BCUT2D eigenvalue weighted by Gasteiger charge is -2.22. The highest BCUT2D eigenvalue weighted by atomic mass is 79.9. The third kappa shape index (κ3) is 2.17. The van der Waals surface area contributed by atoms with Crippen LogP contribution >= 0.6 is 54.5 Å². The Morgan fingerprint density at radius 2 is 1.27 bits per heavy atom. The summed E-state index contributed by atoms with van der Waals surface area (Å²) in [5.41, 5.74) is 0. The van der Waals surface area contributed by atoms with Crippen molar-refractivity contribution >= 4 is 73.0 Å². The van der Waals surface area contributed by atoms with Gasteiger partial charge in [-0.3, -0.25) is 0 Å². The first-order chi connectivity index (χ1) is 7.03. The molecular weight excluding hydrogens is 372 g/mol. The van der Waals surface area contributed by atoms with Crippen LogP contribution in [-0.2, 0) is 0 Å². The largest absolute Gasteiger partial charge is 0.151 e. The van der Waals surface area contributed by atoms with E-state index < -0.39 is 8.07 Å². The van der Waals surface area contributed by atoms with E-state index >= 15 is 0 Å². The molecule has 0 fully saturated rings. The average molecular weight is 382 g/mol. The van der Waals surface area contributed by atoms with Gasteiger partial charge in [-0.2, -0.15) is 22.7 Å². The lowest BCUT2D eigenvalue weighted by Crippen LogP contribution is -2.52. The summed E-state index contributed by atoms with van der Waals surface area (Å²) in [5, 5.41) is 11.9. The predicted molar refractivity (Wildman–Crippen MR) is 80.8 cm³/mol. The molecule has 0 aliphatic rings. The van der Waals surface area contributed by atoms with E-state index in [1.807, 2.05) is 0 Å². The van der Waals surface area contributed by atoms with E-state index in [1.54, 1.807) is 22.7 Å². The monoisotopic (exact) mass is 380 g/mol. The van der Waals surface area contributed by atoms with E-state index in [0.29, 0.717) is 0 Å². The van der Waals surface area contributed by atoms with Crippen LogP contribution in [0.25, 0.3) is 0 Å². The maximum Gasteiger partial charge on any atom is 0.117 e. The van der Waals surface area contributed by atoms with E-state index in [0.717, 1.165) is 0 Å². The average Bonchev–Trinajstić information content (AvgIpc) is 2.73. The van der Waals surface area contributed by atoms with E-state index in [2.05, 4.69) is 66.5 Å². The third-order valence-electron chi connectivity index (χ3n) is 2.58. The van der Waals surface area contributed by atoms with Gasteiger partial charge in [0.2, 0.25) is 0 Å². The van der Waals surface area contributed by atoms with Crippen molar-refractivity contribution in [2.75, 3.05) is 0 Å². The zero-order valence-electron chi connectivity index (χ0n) is 8.38. The zero-order chi connectivity index (χ0) is 11.1. The van der Waals surface area contributed by atoms with Gasteiger partial charge in [0.25, 0.3) is 0 Å². The van der Waals surface area contributed by atoms with Gasteiger partial charge in [0.05, 0.1) is 0 Å². The summed E-state index contributed by atoms with van der Waals surface area (Å²) in [6.45, 7) is 4.79. The van der Waals surface area contributed by atoms with Crippen molar-refractivity contribution in [3.63, 3.8) is 0 Å².